The summed E-state index contributed by atoms with van der Waals surface area (Å²) in [6, 6.07) is 7.10. The van der Waals surface area contributed by atoms with Crippen molar-refractivity contribution in [2.45, 2.75) is 12.8 Å². The first-order chi connectivity index (χ1) is 8.27. The lowest BCUT2D eigenvalue weighted by Gasteiger charge is -2.22. The lowest BCUT2D eigenvalue weighted by molar-refractivity contribution is 0.0642. The Hall–Kier alpha value is -1.06. The fraction of sp³-hybridized carbons (Fsp3) is 0.462. The summed E-state index contributed by atoms with van der Waals surface area (Å²) in [5.41, 5.74) is 0.543. The van der Waals surface area contributed by atoms with Gasteiger partial charge in [-0.05, 0) is 30.9 Å². The van der Waals surface area contributed by atoms with Gasteiger partial charge in [0.05, 0.1) is 10.6 Å². The second kappa shape index (κ2) is 6.03. The van der Waals surface area contributed by atoms with Gasteiger partial charge < -0.3 is 10.1 Å². The number of carbonyl (C=O) groups excluding carboxylic acids is 1. The molecular formula is C13H16ClNO2. The lowest BCUT2D eigenvalue weighted by Crippen LogP contribution is -2.32. The maximum atomic E-state index is 11.9. The molecule has 0 spiro atoms. The summed E-state index contributed by atoms with van der Waals surface area (Å²) in [5, 5.41) is 3.43. The summed E-state index contributed by atoms with van der Waals surface area (Å²) < 4.78 is 5.28. The highest BCUT2D eigenvalue weighted by Gasteiger charge is 2.16. The molecule has 92 valence electrons. The lowest BCUT2D eigenvalue weighted by atomic mass is 10.0. The molecule has 1 N–H and O–H groups in total. The molecule has 0 aliphatic carbocycles. The van der Waals surface area contributed by atoms with Crippen LogP contribution in [0.3, 0.4) is 0 Å². The number of hydrogen-bond donors (Lipinski definition) is 1. The van der Waals surface area contributed by atoms with E-state index in [9.17, 15) is 4.79 Å². The zero-order valence-electron chi connectivity index (χ0n) is 9.62. The van der Waals surface area contributed by atoms with Crippen LogP contribution in [0.1, 0.15) is 23.2 Å². The van der Waals surface area contributed by atoms with E-state index in [1.165, 1.54) is 0 Å². The highest BCUT2D eigenvalue weighted by atomic mass is 35.5. The van der Waals surface area contributed by atoms with Gasteiger partial charge in [-0.1, -0.05) is 23.7 Å². The molecule has 0 radical (unpaired) electrons. The van der Waals surface area contributed by atoms with Crippen molar-refractivity contribution in [1.82, 2.24) is 5.32 Å². The van der Waals surface area contributed by atoms with Gasteiger partial charge in [0.1, 0.15) is 0 Å². The fourth-order valence-corrected chi connectivity index (χ4v) is 2.15. The van der Waals surface area contributed by atoms with Crippen molar-refractivity contribution < 1.29 is 9.53 Å². The van der Waals surface area contributed by atoms with Crippen LogP contribution in [0.5, 0.6) is 0 Å². The predicted molar refractivity (Wildman–Crippen MR) is 67.3 cm³/mol. The normalized spacial score (nSPS) is 16.8. The summed E-state index contributed by atoms with van der Waals surface area (Å²) in [4.78, 5) is 11.9. The molecule has 1 aromatic rings. The van der Waals surface area contributed by atoms with Crippen molar-refractivity contribution in [3.63, 3.8) is 0 Å². The fourth-order valence-electron chi connectivity index (χ4n) is 1.93. The highest BCUT2D eigenvalue weighted by molar-refractivity contribution is 6.33. The van der Waals surface area contributed by atoms with Gasteiger partial charge in [-0.15, -0.1) is 0 Å². The van der Waals surface area contributed by atoms with Gasteiger partial charge in [-0.3, -0.25) is 4.79 Å². The summed E-state index contributed by atoms with van der Waals surface area (Å²) in [6.07, 6.45) is 2.03. The van der Waals surface area contributed by atoms with Crippen LogP contribution in [-0.2, 0) is 4.74 Å². The Kier molecular flexibility index (Phi) is 4.40. The van der Waals surface area contributed by atoms with Gasteiger partial charge in [0.15, 0.2) is 0 Å². The Labute approximate surface area is 106 Å². The minimum absolute atomic E-state index is 0.0953. The van der Waals surface area contributed by atoms with E-state index in [0.717, 1.165) is 26.1 Å². The van der Waals surface area contributed by atoms with Gasteiger partial charge in [0.25, 0.3) is 5.91 Å². The quantitative estimate of drug-likeness (QED) is 0.899. The third-order valence-corrected chi connectivity index (χ3v) is 3.34. The van der Waals surface area contributed by atoms with E-state index in [0.29, 0.717) is 23.0 Å². The van der Waals surface area contributed by atoms with Crippen LogP contribution in [0.15, 0.2) is 24.3 Å². The van der Waals surface area contributed by atoms with Crippen LogP contribution in [0, 0.1) is 5.92 Å². The highest BCUT2D eigenvalue weighted by Crippen LogP contribution is 2.16. The third kappa shape index (κ3) is 3.45. The number of nitrogens with one attached hydrogen (secondary N) is 1. The van der Waals surface area contributed by atoms with Gasteiger partial charge in [-0.2, -0.15) is 0 Å². The van der Waals surface area contributed by atoms with E-state index in [1.54, 1.807) is 12.1 Å². The number of benzene rings is 1. The summed E-state index contributed by atoms with van der Waals surface area (Å²) in [6.45, 7) is 2.30. The number of rotatable bonds is 3. The molecular weight excluding hydrogens is 238 g/mol. The van der Waals surface area contributed by atoms with Crippen LogP contribution in [0.25, 0.3) is 0 Å². The first-order valence-electron chi connectivity index (χ1n) is 5.88. The van der Waals surface area contributed by atoms with Crippen molar-refractivity contribution in [2.24, 2.45) is 5.92 Å². The molecule has 1 aromatic carbocycles. The Balaban J connectivity index is 1.87. The molecule has 1 heterocycles. The van der Waals surface area contributed by atoms with Gasteiger partial charge in [0, 0.05) is 19.8 Å². The molecule has 0 bridgehead atoms. The number of ether oxygens (including phenoxy) is 1. The van der Waals surface area contributed by atoms with Crippen LogP contribution in [0.2, 0.25) is 5.02 Å². The molecule has 1 amide bonds. The van der Waals surface area contributed by atoms with Crippen LogP contribution < -0.4 is 5.32 Å². The van der Waals surface area contributed by atoms with Crippen molar-refractivity contribution >= 4 is 17.5 Å². The first kappa shape index (κ1) is 12.4. The minimum atomic E-state index is -0.0953. The average molecular weight is 254 g/mol. The minimum Gasteiger partial charge on any atom is -0.381 e. The Morgan fingerprint density at radius 2 is 2.06 bits per heavy atom. The van der Waals surface area contributed by atoms with E-state index in [1.807, 2.05) is 12.1 Å². The molecule has 0 unspecified atom stereocenters. The van der Waals surface area contributed by atoms with Crippen molar-refractivity contribution in [3.8, 4) is 0 Å². The van der Waals surface area contributed by atoms with E-state index in [4.69, 9.17) is 16.3 Å². The number of hydrogen-bond acceptors (Lipinski definition) is 2. The second-order valence-electron chi connectivity index (χ2n) is 4.25. The molecule has 1 aliphatic heterocycles. The Bertz CT molecular complexity index is 389. The molecule has 0 aromatic heterocycles. The van der Waals surface area contributed by atoms with E-state index < -0.39 is 0 Å². The molecule has 0 saturated carbocycles. The SMILES string of the molecule is O=C(NCC1CCOCC1)c1ccccc1Cl. The molecule has 4 heteroatoms. The standard InChI is InChI=1S/C13H16ClNO2/c14-12-4-2-1-3-11(12)13(16)15-9-10-5-7-17-8-6-10/h1-4,10H,5-9H2,(H,15,16). The second-order valence-corrected chi connectivity index (χ2v) is 4.65. The van der Waals surface area contributed by atoms with Gasteiger partial charge >= 0.3 is 0 Å². The average Bonchev–Trinajstić information content (AvgIpc) is 2.38. The topological polar surface area (TPSA) is 38.3 Å². The Morgan fingerprint density at radius 3 is 2.76 bits per heavy atom. The zero-order valence-corrected chi connectivity index (χ0v) is 10.4. The van der Waals surface area contributed by atoms with Gasteiger partial charge in [-0.25, -0.2) is 0 Å². The summed E-state index contributed by atoms with van der Waals surface area (Å²) >= 11 is 5.96. The number of carbonyl (C=O) groups is 1. The molecule has 17 heavy (non-hydrogen) atoms. The monoisotopic (exact) mass is 253 g/mol. The van der Waals surface area contributed by atoms with Crippen molar-refractivity contribution in [1.29, 1.82) is 0 Å². The zero-order chi connectivity index (χ0) is 12.1. The van der Waals surface area contributed by atoms with Crippen LogP contribution in [-0.4, -0.2) is 25.7 Å². The molecule has 1 aliphatic rings. The third-order valence-electron chi connectivity index (χ3n) is 3.01. The van der Waals surface area contributed by atoms with Gasteiger partial charge in [0.2, 0.25) is 0 Å². The van der Waals surface area contributed by atoms with Crippen LogP contribution >= 0.6 is 11.6 Å². The van der Waals surface area contributed by atoms with Crippen molar-refractivity contribution in [3.05, 3.63) is 34.9 Å². The van der Waals surface area contributed by atoms with E-state index in [2.05, 4.69) is 5.32 Å². The van der Waals surface area contributed by atoms with Crippen LogP contribution in [0.4, 0.5) is 0 Å². The van der Waals surface area contributed by atoms with Crippen molar-refractivity contribution in [2.75, 3.05) is 19.8 Å². The van der Waals surface area contributed by atoms with E-state index >= 15 is 0 Å². The molecule has 1 fully saturated rings. The summed E-state index contributed by atoms with van der Waals surface area (Å²) in [5.74, 6) is 0.428. The Morgan fingerprint density at radius 1 is 1.35 bits per heavy atom. The van der Waals surface area contributed by atoms with E-state index in [-0.39, 0.29) is 5.91 Å². The summed E-state index contributed by atoms with van der Waals surface area (Å²) in [7, 11) is 0. The molecule has 0 atom stereocenters. The molecule has 2 rings (SSSR count). The predicted octanol–water partition coefficient (Wildman–Crippen LogP) is 2.50. The first-order valence-corrected chi connectivity index (χ1v) is 6.25. The number of amides is 1. The molecule has 1 saturated heterocycles. The maximum absolute atomic E-state index is 11.9. The molecule has 3 nitrogen and oxygen atoms in total. The smallest absolute Gasteiger partial charge is 0.252 e. The number of halogens is 1. The largest absolute Gasteiger partial charge is 0.381 e. The maximum Gasteiger partial charge on any atom is 0.252 e.